The molecule has 3 N–H and O–H groups in total. The van der Waals surface area contributed by atoms with Gasteiger partial charge in [0.15, 0.2) is 11.5 Å². The number of methoxy groups -OCH3 is 1. The number of benzene rings is 2. The topological polar surface area (TPSA) is 85.5 Å². The summed E-state index contributed by atoms with van der Waals surface area (Å²) in [6, 6.07) is 5.34. The number of likely N-dealkylation sites (tertiary alicyclic amines) is 1. The third-order valence-electron chi connectivity index (χ3n) is 7.33. The zero-order valence-electron chi connectivity index (χ0n) is 21.0. The first kappa shape index (κ1) is 25.3. The molecule has 1 aliphatic heterocycles. The number of piperidine rings is 1. The van der Waals surface area contributed by atoms with Crippen molar-refractivity contribution in [3.8, 4) is 11.5 Å². The highest BCUT2D eigenvalue weighted by atomic mass is 19.4. The lowest BCUT2D eigenvalue weighted by atomic mass is 10.0. The molecule has 1 saturated carbocycles. The zero-order chi connectivity index (χ0) is 26.6. The van der Waals surface area contributed by atoms with Gasteiger partial charge in [0.25, 0.3) is 0 Å². The van der Waals surface area contributed by atoms with Crippen molar-refractivity contribution in [2.75, 3.05) is 31.8 Å². The summed E-state index contributed by atoms with van der Waals surface area (Å²) in [5.41, 5.74) is 4.42. The summed E-state index contributed by atoms with van der Waals surface area (Å²) in [5.74, 6) is 1.14. The van der Waals surface area contributed by atoms with Gasteiger partial charge in [-0.15, -0.1) is 0 Å². The van der Waals surface area contributed by atoms with Crippen LogP contribution in [0.15, 0.2) is 24.3 Å². The molecule has 2 aromatic carbocycles. The van der Waals surface area contributed by atoms with E-state index in [1.54, 1.807) is 33.1 Å². The molecule has 3 aromatic rings. The smallest absolute Gasteiger partial charge is 0.419 e. The van der Waals surface area contributed by atoms with Crippen LogP contribution in [-0.4, -0.2) is 47.7 Å². The standard InChI is InChI=1S/C26H29F4N5O2/c1-12(17-7-15(31)8-19(24(17)27)26(28,29)30)32-25-18-9-23(22(36-4)10-20(18)33-13(2)34-25)37-11-16-5-14-6-21(14)35(16)3/h7-10,12,14,16,21H,5-6,11,31H2,1-4H3,(H,32,33,34)/t12-,14?,16+,21?/m1/s1. The molecular weight excluding hydrogens is 490 g/mol. The Morgan fingerprint density at radius 3 is 2.57 bits per heavy atom. The normalized spacial score (nSPS) is 22.1. The van der Waals surface area contributed by atoms with Crippen molar-refractivity contribution < 1.29 is 27.0 Å². The minimum Gasteiger partial charge on any atom is -0.493 e. The second-order valence-corrected chi connectivity index (χ2v) is 9.90. The monoisotopic (exact) mass is 519 g/mol. The first-order valence-corrected chi connectivity index (χ1v) is 12.1. The fourth-order valence-corrected chi connectivity index (χ4v) is 5.25. The molecule has 2 heterocycles. The summed E-state index contributed by atoms with van der Waals surface area (Å²) in [6.45, 7) is 3.73. The SMILES string of the molecule is COc1cc2nc(C)nc(N[C@H](C)c3cc(N)cc(C(F)(F)F)c3F)c2cc1OC[C@@H]1CC2CC2N1C. The number of rotatable bonds is 7. The van der Waals surface area contributed by atoms with E-state index >= 15 is 0 Å². The van der Waals surface area contributed by atoms with Gasteiger partial charge in [0.1, 0.15) is 24.1 Å². The van der Waals surface area contributed by atoms with Crippen molar-refractivity contribution in [3.05, 3.63) is 47.0 Å². The third-order valence-corrected chi connectivity index (χ3v) is 7.33. The van der Waals surface area contributed by atoms with Crippen LogP contribution in [0.5, 0.6) is 11.5 Å². The number of hydrogen-bond donors (Lipinski definition) is 2. The third kappa shape index (κ3) is 4.84. The van der Waals surface area contributed by atoms with Crippen molar-refractivity contribution >= 4 is 22.4 Å². The van der Waals surface area contributed by atoms with E-state index in [1.165, 1.54) is 12.5 Å². The molecule has 5 rings (SSSR count). The van der Waals surface area contributed by atoms with Gasteiger partial charge < -0.3 is 20.5 Å². The number of ether oxygens (including phenoxy) is 2. The molecule has 2 unspecified atom stereocenters. The summed E-state index contributed by atoms with van der Waals surface area (Å²) >= 11 is 0. The van der Waals surface area contributed by atoms with Crippen LogP contribution in [0.4, 0.5) is 29.1 Å². The molecule has 2 fully saturated rings. The maximum absolute atomic E-state index is 14.9. The van der Waals surface area contributed by atoms with Gasteiger partial charge in [0.05, 0.1) is 24.2 Å². The number of alkyl halides is 3. The highest BCUT2D eigenvalue weighted by molar-refractivity contribution is 5.92. The molecule has 11 heteroatoms. The second kappa shape index (κ2) is 9.20. The molecule has 4 atom stereocenters. The van der Waals surface area contributed by atoms with Crippen LogP contribution in [0.2, 0.25) is 0 Å². The summed E-state index contributed by atoms with van der Waals surface area (Å²) in [6.07, 6.45) is -2.54. The number of nitrogens with one attached hydrogen (secondary N) is 1. The fourth-order valence-electron chi connectivity index (χ4n) is 5.25. The van der Waals surface area contributed by atoms with Crippen molar-refractivity contribution in [1.82, 2.24) is 14.9 Å². The number of aryl methyl sites for hydroxylation is 1. The summed E-state index contributed by atoms with van der Waals surface area (Å²) in [5, 5.41) is 3.62. The molecule has 198 valence electrons. The molecule has 1 aromatic heterocycles. The summed E-state index contributed by atoms with van der Waals surface area (Å²) < 4.78 is 66.6. The van der Waals surface area contributed by atoms with E-state index < -0.39 is 23.6 Å². The highest BCUT2D eigenvalue weighted by Crippen LogP contribution is 2.47. The molecule has 7 nitrogen and oxygen atoms in total. The van der Waals surface area contributed by atoms with E-state index in [0.717, 1.165) is 12.3 Å². The van der Waals surface area contributed by atoms with Crippen LogP contribution in [0.1, 0.15) is 42.8 Å². The maximum Gasteiger partial charge on any atom is 0.419 e. The van der Waals surface area contributed by atoms with Crippen molar-refractivity contribution in [2.45, 2.75) is 51.0 Å². The lowest BCUT2D eigenvalue weighted by molar-refractivity contribution is -0.140. The Kier molecular flexibility index (Phi) is 6.29. The summed E-state index contributed by atoms with van der Waals surface area (Å²) in [7, 11) is 3.66. The molecule has 0 bridgehead atoms. The second-order valence-electron chi connectivity index (χ2n) is 9.90. The highest BCUT2D eigenvalue weighted by Gasteiger charge is 2.50. The molecular formula is C26H29F4N5O2. The van der Waals surface area contributed by atoms with Crippen molar-refractivity contribution in [3.63, 3.8) is 0 Å². The van der Waals surface area contributed by atoms with Gasteiger partial charge in [-0.05, 0) is 57.9 Å². The Hall–Kier alpha value is -3.34. The first-order chi connectivity index (χ1) is 17.5. The Bertz CT molecular complexity index is 1350. The quantitative estimate of drug-likeness (QED) is 0.322. The number of likely N-dealkylation sites (N-methyl/N-ethyl adjacent to an activating group) is 1. The number of nitrogen functional groups attached to an aromatic ring is 1. The Morgan fingerprint density at radius 2 is 1.92 bits per heavy atom. The van der Waals surface area contributed by atoms with Crippen molar-refractivity contribution in [2.24, 2.45) is 5.92 Å². The van der Waals surface area contributed by atoms with Gasteiger partial charge in [-0.2, -0.15) is 13.2 Å². The summed E-state index contributed by atoms with van der Waals surface area (Å²) in [4.78, 5) is 11.3. The predicted molar refractivity (Wildman–Crippen MR) is 132 cm³/mol. The van der Waals surface area contributed by atoms with Crippen LogP contribution >= 0.6 is 0 Å². The fraction of sp³-hybridized carbons (Fsp3) is 0.462. The first-order valence-electron chi connectivity index (χ1n) is 12.1. The van der Waals surface area contributed by atoms with E-state index in [9.17, 15) is 17.6 Å². The van der Waals surface area contributed by atoms with Gasteiger partial charge in [-0.25, -0.2) is 14.4 Å². The molecule has 1 aliphatic carbocycles. The van der Waals surface area contributed by atoms with E-state index in [-0.39, 0.29) is 11.3 Å². The van der Waals surface area contributed by atoms with Crippen LogP contribution < -0.4 is 20.5 Å². The number of nitrogens with zero attached hydrogens (tertiary/aromatic N) is 3. The lowest BCUT2D eigenvalue weighted by Crippen LogP contribution is -2.33. The number of halogens is 4. The van der Waals surface area contributed by atoms with Crippen molar-refractivity contribution in [1.29, 1.82) is 0 Å². The molecule has 37 heavy (non-hydrogen) atoms. The maximum atomic E-state index is 14.9. The van der Waals surface area contributed by atoms with Crippen LogP contribution in [-0.2, 0) is 6.18 Å². The van der Waals surface area contributed by atoms with E-state index in [2.05, 4.69) is 27.2 Å². The minimum absolute atomic E-state index is 0.184. The van der Waals surface area contributed by atoms with Crippen LogP contribution in [0, 0.1) is 18.7 Å². The van der Waals surface area contributed by atoms with Gasteiger partial charge in [-0.3, -0.25) is 4.90 Å². The van der Waals surface area contributed by atoms with Gasteiger partial charge in [0.2, 0.25) is 0 Å². The average molecular weight is 520 g/mol. The predicted octanol–water partition coefficient (Wildman–Crippen LogP) is 5.33. The molecule has 0 amide bonds. The molecule has 2 aliphatic rings. The molecule has 1 saturated heterocycles. The van der Waals surface area contributed by atoms with E-state index in [4.69, 9.17) is 15.2 Å². The Labute approximate surface area is 212 Å². The lowest BCUT2D eigenvalue weighted by Gasteiger charge is -2.24. The zero-order valence-corrected chi connectivity index (χ0v) is 21.0. The van der Waals surface area contributed by atoms with E-state index in [1.807, 2.05) is 0 Å². The average Bonchev–Trinajstić information content (AvgIpc) is 3.53. The number of hydrogen-bond acceptors (Lipinski definition) is 7. The van der Waals surface area contributed by atoms with Gasteiger partial charge >= 0.3 is 6.18 Å². The molecule has 0 radical (unpaired) electrons. The van der Waals surface area contributed by atoms with Gasteiger partial charge in [-0.1, -0.05) is 0 Å². The van der Waals surface area contributed by atoms with Crippen LogP contribution in [0.25, 0.3) is 10.9 Å². The van der Waals surface area contributed by atoms with E-state index in [0.29, 0.717) is 58.8 Å². The van der Waals surface area contributed by atoms with Gasteiger partial charge in [0, 0.05) is 34.8 Å². The van der Waals surface area contributed by atoms with Crippen LogP contribution in [0.3, 0.4) is 0 Å². The number of fused-ring (bicyclic) bond motifs is 2. The number of anilines is 2. The molecule has 0 spiro atoms. The number of nitrogens with two attached hydrogens (primary N) is 1. The largest absolute Gasteiger partial charge is 0.493 e. The Morgan fingerprint density at radius 1 is 1.16 bits per heavy atom. The number of aromatic nitrogens is 2. The minimum atomic E-state index is -4.87. The Balaban J connectivity index is 1.47.